The van der Waals surface area contributed by atoms with Crippen molar-refractivity contribution in [2.24, 2.45) is 0 Å². The normalized spacial score (nSPS) is 10.9. The first-order valence-electron chi connectivity index (χ1n) is 7.52. The number of amides is 2. The molecular formula is C19H17FN2O3. The van der Waals surface area contributed by atoms with Gasteiger partial charge in [-0.15, -0.1) is 0 Å². The molecule has 25 heavy (non-hydrogen) atoms. The van der Waals surface area contributed by atoms with E-state index in [-0.39, 0.29) is 11.4 Å². The molecule has 2 aromatic rings. The Kier molecular flexibility index (Phi) is 5.79. The summed E-state index contributed by atoms with van der Waals surface area (Å²) in [5.74, 6) is -1.52. The molecule has 6 heteroatoms. The Labute approximate surface area is 144 Å². The summed E-state index contributed by atoms with van der Waals surface area (Å²) in [5, 5.41) is 5.11. The van der Waals surface area contributed by atoms with Gasteiger partial charge in [0.05, 0.1) is 0 Å². The number of rotatable bonds is 5. The summed E-state index contributed by atoms with van der Waals surface area (Å²) in [4.78, 5) is 35.2. The average molecular weight is 340 g/mol. The van der Waals surface area contributed by atoms with Crippen LogP contribution in [0.25, 0.3) is 0 Å². The maximum Gasteiger partial charge on any atom is 0.251 e. The summed E-state index contributed by atoms with van der Waals surface area (Å²) in [6, 6.07) is 11.9. The SMILES string of the molecule is CC(=O)c1ccc(NC(=O)/C=C(\C)C(=O)Nc2cccc(F)c2)cc1. The number of hydrogen-bond donors (Lipinski definition) is 2. The zero-order valence-corrected chi connectivity index (χ0v) is 13.8. The molecule has 2 rings (SSSR count). The lowest BCUT2D eigenvalue weighted by Crippen LogP contribution is -2.16. The Morgan fingerprint density at radius 3 is 2.20 bits per heavy atom. The number of anilines is 2. The number of ketones is 1. The van der Waals surface area contributed by atoms with E-state index in [1.807, 2.05) is 0 Å². The largest absolute Gasteiger partial charge is 0.323 e. The Morgan fingerprint density at radius 1 is 0.920 bits per heavy atom. The Hall–Kier alpha value is -3.28. The number of halogens is 1. The van der Waals surface area contributed by atoms with Crippen molar-refractivity contribution in [2.75, 3.05) is 10.6 Å². The van der Waals surface area contributed by atoms with Crippen LogP contribution < -0.4 is 10.6 Å². The molecule has 0 fully saturated rings. The number of Topliss-reactive ketones (excluding diaryl/α,β-unsaturated/α-hetero) is 1. The van der Waals surface area contributed by atoms with Gasteiger partial charge in [-0.1, -0.05) is 6.07 Å². The molecule has 5 nitrogen and oxygen atoms in total. The number of carbonyl (C=O) groups excluding carboxylic acids is 3. The van der Waals surface area contributed by atoms with E-state index in [4.69, 9.17) is 0 Å². The number of carbonyl (C=O) groups is 3. The Morgan fingerprint density at radius 2 is 1.60 bits per heavy atom. The fourth-order valence-corrected chi connectivity index (χ4v) is 2.02. The lowest BCUT2D eigenvalue weighted by Gasteiger charge is -2.06. The lowest BCUT2D eigenvalue weighted by molar-refractivity contribution is -0.114. The highest BCUT2D eigenvalue weighted by atomic mass is 19.1. The predicted molar refractivity (Wildman–Crippen MR) is 93.9 cm³/mol. The van der Waals surface area contributed by atoms with Gasteiger partial charge in [-0.3, -0.25) is 14.4 Å². The van der Waals surface area contributed by atoms with Crippen molar-refractivity contribution in [1.29, 1.82) is 0 Å². The maximum absolute atomic E-state index is 13.1. The van der Waals surface area contributed by atoms with Crippen molar-refractivity contribution in [1.82, 2.24) is 0 Å². The third-order valence-electron chi connectivity index (χ3n) is 3.35. The van der Waals surface area contributed by atoms with Crippen LogP contribution in [0.2, 0.25) is 0 Å². The summed E-state index contributed by atoms with van der Waals surface area (Å²) in [7, 11) is 0. The van der Waals surface area contributed by atoms with Gasteiger partial charge in [0.15, 0.2) is 5.78 Å². The summed E-state index contributed by atoms with van der Waals surface area (Å²) in [5.41, 5.74) is 1.52. The first kappa shape index (κ1) is 18.1. The van der Waals surface area contributed by atoms with Crippen LogP contribution >= 0.6 is 0 Å². The monoisotopic (exact) mass is 340 g/mol. The minimum Gasteiger partial charge on any atom is -0.323 e. The fraction of sp³-hybridized carbons (Fsp3) is 0.105. The van der Waals surface area contributed by atoms with Gasteiger partial charge in [0.25, 0.3) is 5.91 Å². The van der Waals surface area contributed by atoms with Crippen molar-refractivity contribution in [2.45, 2.75) is 13.8 Å². The van der Waals surface area contributed by atoms with Crippen LogP contribution in [0.5, 0.6) is 0 Å². The highest BCUT2D eigenvalue weighted by Gasteiger charge is 2.08. The third kappa shape index (κ3) is 5.39. The second-order valence-corrected chi connectivity index (χ2v) is 5.41. The van der Waals surface area contributed by atoms with E-state index in [0.717, 1.165) is 6.08 Å². The zero-order chi connectivity index (χ0) is 18.4. The van der Waals surface area contributed by atoms with Crippen LogP contribution in [0.1, 0.15) is 24.2 Å². The maximum atomic E-state index is 13.1. The van der Waals surface area contributed by atoms with E-state index in [0.29, 0.717) is 16.9 Å². The first-order chi connectivity index (χ1) is 11.8. The number of benzene rings is 2. The standard InChI is InChI=1S/C19H17FN2O3/c1-12(19(25)22-17-5-3-4-15(20)11-17)10-18(24)21-16-8-6-14(7-9-16)13(2)23/h3-11H,1-2H3,(H,21,24)(H,22,25)/b12-10+. The van der Waals surface area contributed by atoms with Gasteiger partial charge in [0.1, 0.15) is 5.82 Å². The minimum absolute atomic E-state index is 0.0670. The fourth-order valence-electron chi connectivity index (χ4n) is 2.02. The molecule has 0 aliphatic carbocycles. The molecule has 2 N–H and O–H groups in total. The van der Waals surface area contributed by atoms with Crippen LogP contribution in [0.3, 0.4) is 0 Å². The average Bonchev–Trinajstić information content (AvgIpc) is 2.55. The molecule has 0 atom stereocenters. The molecule has 0 spiro atoms. The van der Waals surface area contributed by atoms with Gasteiger partial charge < -0.3 is 10.6 Å². The quantitative estimate of drug-likeness (QED) is 0.645. The highest BCUT2D eigenvalue weighted by Crippen LogP contribution is 2.12. The van der Waals surface area contributed by atoms with E-state index in [2.05, 4.69) is 10.6 Å². The molecule has 2 amide bonds. The molecule has 0 unspecified atom stereocenters. The Balaban J connectivity index is 1.99. The first-order valence-corrected chi connectivity index (χ1v) is 7.52. The summed E-state index contributed by atoms with van der Waals surface area (Å²) < 4.78 is 13.1. The molecule has 0 saturated carbocycles. The van der Waals surface area contributed by atoms with Crippen LogP contribution in [0.4, 0.5) is 15.8 Å². The highest BCUT2D eigenvalue weighted by molar-refractivity contribution is 6.10. The molecule has 0 heterocycles. The molecule has 2 aromatic carbocycles. The van der Waals surface area contributed by atoms with Gasteiger partial charge in [-0.2, -0.15) is 0 Å². The van der Waals surface area contributed by atoms with Crippen molar-refractivity contribution in [3.05, 3.63) is 71.6 Å². The zero-order valence-electron chi connectivity index (χ0n) is 13.8. The van der Waals surface area contributed by atoms with Crippen LogP contribution in [-0.2, 0) is 9.59 Å². The van der Waals surface area contributed by atoms with Gasteiger partial charge in [-0.05, 0) is 56.3 Å². The number of nitrogens with one attached hydrogen (secondary N) is 2. The van der Waals surface area contributed by atoms with E-state index < -0.39 is 17.6 Å². The van der Waals surface area contributed by atoms with Crippen molar-refractivity contribution < 1.29 is 18.8 Å². The smallest absolute Gasteiger partial charge is 0.251 e. The van der Waals surface area contributed by atoms with E-state index in [1.165, 1.54) is 32.0 Å². The number of hydrogen-bond acceptors (Lipinski definition) is 3. The van der Waals surface area contributed by atoms with Crippen molar-refractivity contribution in [3.8, 4) is 0 Å². The van der Waals surface area contributed by atoms with Crippen molar-refractivity contribution >= 4 is 29.0 Å². The van der Waals surface area contributed by atoms with Crippen LogP contribution in [0, 0.1) is 5.82 Å². The Bertz CT molecular complexity index is 842. The molecule has 0 aliphatic rings. The summed E-state index contributed by atoms with van der Waals surface area (Å²) in [6.45, 7) is 2.93. The third-order valence-corrected chi connectivity index (χ3v) is 3.35. The van der Waals surface area contributed by atoms with Crippen LogP contribution in [-0.4, -0.2) is 17.6 Å². The predicted octanol–water partition coefficient (Wildman–Crippen LogP) is 3.55. The molecule has 0 radical (unpaired) electrons. The molecule has 0 aromatic heterocycles. The van der Waals surface area contributed by atoms with Gasteiger partial charge >= 0.3 is 0 Å². The molecule has 0 saturated heterocycles. The summed E-state index contributed by atoms with van der Waals surface area (Å²) in [6.07, 6.45) is 1.15. The topological polar surface area (TPSA) is 75.3 Å². The van der Waals surface area contributed by atoms with Gasteiger partial charge in [-0.25, -0.2) is 4.39 Å². The second-order valence-electron chi connectivity index (χ2n) is 5.41. The van der Waals surface area contributed by atoms with Crippen molar-refractivity contribution in [3.63, 3.8) is 0 Å². The van der Waals surface area contributed by atoms with Gasteiger partial charge in [0, 0.05) is 28.6 Å². The summed E-state index contributed by atoms with van der Waals surface area (Å²) >= 11 is 0. The minimum atomic E-state index is -0.507. The second kappa shape index (κ2) is 8.01. The molecule has 0 bridgehead atoms. The van der Waals surface area contributed by atoms with E-state index in [9.17, 15) is 18.8 Å². The lowest BCUT2D eigenvalue weighted by atomic mass is 10.1. The van der Waals surface area contributed by atoms with Gasteiger partial charge in [0.2, 0.25) is 5.91 Å². The van der Waals surface area contributed by atoms with Crippen LogP contribution in [0.15, 0.2) is 60.2 Å². The molecular weight excluding hydrogens is 323 g/mol. The van der Waals surface area contributed by atoms with E-state index in [1.54, 1.807) is 30.3 Å². The molecule has 128 valence electrons. The molecule has 0 aliphatic heterocycles. The van der Waals surface area contributed by atoms with E-state index >= 15 is 0 Å².